The predicted molar refractivity (Wildman–Crippen MR) is 89.3 cm³/mol. The van der Waals surface area contributed by atoms with Crippen molar-refractivity contribution in [2.45, 2.75) is 23.6 Å². The van der Waals surface area contributed by atoms with E-state index >= 15 is 0 Å². The Balaban J connectivity index is 2.51. The van der Waals surface area contributed by atoms with E-state index in [0.717, 1.165) is 11.1 Å². The largest absolute Gasteiger partial charge is 0.112 e. The Bertz CT molecular complexity index is 562. The van der Waals surface area contributed by atoms with Crippen LogP contribution in [0.5, 0.6) is 0 Å². The average Bonchev–Trinajstić information content (AvgIpc) is 2.38. The Labute approximate surface area is 139 Å². The van der Waals surface area contributed by atoms with E-state index in [4.69, 9.17) is 46.4 Å². The SMILES string of the molecule is CC(Cl)(c1cccc(Cl)c1)C(C)(Cl)c1cccc(Cl)c1. The maximum atomic E-state index is 6.78. The van der Waals surface area contributed by atoms with Gasteiger partial charge in [0.15, 0.2) is 0 Å². The fraction of sp³-hybridized carbons (Fsp3) is 0.250. The van der Waals surface area contributed by atoms with Crippen LogP contribution in [0.1, 0.15) is 25.0 Å². The van der Waals surface area contributed by atoms with Gasteiger partial charge < -0.3 is 0 Å². The van der Waals surface area contributed by atoms with Crippen LogP contribution in [-0.2, 0) is 9.75 Å². The Kier molecular flexibility index (Phi) is 4.61. The van der Waals surface area contributed by atoms with Crippen molar-refractivity contribution in [3.63, 3.8) is 0 Å². The van der Waals surface area contributed by atoms with E-state index in [9.17, 15) is 0 Å². The molecule has 0 amide bonds. The van der Waals surface area contributed by atoms with Crippen LogP contribution in [0, 0.1) is 0 Å². The molecule has 106 valence electrons. The molecular formula is C16H14Cl4. The molecule has 0 radical (unpaired) electrons. The molecule has 0 bridgehead atoms. The van der Waals surface area contributed by atoms with Crippen molar-refractivity contribution >= 4 is 46.4 Å². The summed E-state index contributed by atoms with van der Waals surface area (Å²) in [5.74, 6) is 0. The first-order valence-corrected chi connectivity index (χ1v) is 7.66. The van der Waals surface area contributed by atoms with Crippen molar-refractivity contribution in [2.24, 2.45) is 0 Å². The van der Waals surface area contributed by atoms with E-state index in [0.29, 0.717) is 10.0 Å². The first kappa shape index (κ1) is 16.0. The summed E-state index contributed by atoms with van der Waals surface area (Å²) in [6.07, 6.45) is 0. The lowest BCUT2D eigenvalue weighted by molar-refractivity contribution is 0.493. The molecule has 0 heterocycles. The first-order chi connectivity index (χ1) is 9.25. The maximum absolute atomic E-state index is 6.78. The molecule has 0 nitrogen and oxygen atoms in total. The van der Waals surface area contributed by atoms with Crippen LogP contribution in [-0.4, -0.2) is 0 Å². The molecule has 2 aromatic carbocycles. The molecule has 0 aliphatic rings. The zero-order valence-corrected chi connectivity index (χ0v) is 14.2. The van der Waals surface area contributed by atoms with Crippen molar-refractivity contribution in [3.05, 3.63) is 69.7 Å². The summed E-state index contributed by atoms with van der Waals surface area (Å²) in [6.45, 7) is 3.77. The van der Waals surface area contributed by atoms with Crippen LogP contribution in [0.3, 0.4) is 0 Å². The Morgan fingerprint density at radius 1 is 0.700 bits per heavy atom. The average molecular weight is 348 g/mol. The minimum atomic E-state index is -0.829. The molecule has 0 saturated carbocycles. The van der Waals surface area contributed by atoms with E-state index in [1.165, 1.54) is 0 Å². The number of hydrogen-bond acceptors (Lipinski definition) is 0. The molecular weight excluding hydrogens is 334 g/mol. The lowest BCUT2D eigenvalue weighted by Gasteiger charge is -2.38. The van der Waals surface area contributed by atoms with Gasteiger partial charge in [0.05, 0.1) is 9.75 Å². The third-order valence-corrected chi connectivity index (χ3v) is 5.37. The number of rotatable bonds is 3. The Hall–Kier alpha value is -0.400. The summed E-state index contributed by atoms with van der Waals surface area (Å²) in [5.41, 5.74) is 1.73. The zero-order chi connectivity index (χ0) is 15.0. The molecule has 0 spiro atoms. The summed E-state index contributed by atoms with van der Waals surface area (Å²) in [7, 11) is 0. The van der Waals surface area contributed by atoms with E-state index in [-0.39, 0.29) is 0 Å². The molecule has 4 heteroatoms. The van der Waals surface area contributed by atoms with Crippen LogP contribution in [0.4, 0.5) is 0 Å². The van der Waals surface area contributed by atoms with Gasteiger partial charge in [-0.05, 0) is 49.2 Å². The van der Waals surface area contributed by atoms with Crippen LogP contribution in [0.15, 0.2) is 48.5 Å². The fourth-order valence-electron chi connectivity index (χ4n) is 2.10. The number of hydrogen-bond donors (Lipinski definition) is 0. The van der Waals surface area contributed by atoms with Crippen LogP contribution < -0.4 is 0 Å². The summed E-state index contributed by atoms with van der Waals surface area (Å²) >= 11 is 25.7. The molecule has 0 N–H and O–H groups in total. The lowest BCUT2D eigenvalue weighted by atomic mass is 9.82. The van der Waals surface area contributed by atoms with Gasteiger partial charge in [0.25, 0.3) is 0 Å². The number of alkyl halides is 2. The standard InChI is InChI=1S/C16H14Cl4/c1-15(19,11-5-3-7-13(17)9-11)16(2,20)12-6-4-8-14(18)10-12/h3-10H,1-2H3. The van der Waals surface area contributed by atoms with Crippen molar-refractivity contribution in [2.75, 3.05) is 0 Å². The molecule has 0 aliphatic carbocycles. The summed E-state index contributed by atoms with van der Waals surface area (Å²) in [5, 5.41) is 1.26. The van der Waals surface area contributed by atoms with E-state index < -0.39 is 9.75 Å². The summed E-state index contributed by atoms with van der Waals surface area (Å²) in [6, 6.07) is 14.9. The summed E-state index contributed by atoms with van der Waals surface area (Å²) < 4.78 is 0. The van der Waals surface area contributed by atoms with E-state index in [1.54, 1.807) is 0 Å². The van der Waals surface area contributed by atoms with E-state index in [1.807, 2.05) is 62.4 Å². The van der Waals surface area contributed by atoms with Crippen LogP contribution in [0.2, 0.25) is 10.0 Å². The smallest absolute Gasteiger partial charge is 0.0896 e. The van der Waals surface area contributed by atoms with Crippen LogP contribution >= 0.6 is 46.4 Å². The molecule has 2 unspecified atom stereocenters. The molecule has 0 fully saturated rings. The molecule has 2 atom stereocenters. The van der Waals surface area contributed by atoms with Crippen molar-refractivity contribution in [1.29, 1.82) is 0 Å². The Morgan fingerprint density at radius 2 is 1.05 bits per heavy atom. The molecule has 2 aromatic rings. The topological polar surface area (TPSA) is 0 Å². The molecule has 0 saturated heterocycles. The van der Waals surface area contributed by atoms with Gasteiger partial charge in [-0.15, -0.1) is 23.2 Å². The van der Waals surface area contributed by atoms with Crippen LogP contribution in [0.25, 0.3) is 0 Å². The van der Waals surface area contributed by atoms with E-state index in [2.05, 4.69) is 0 Å². The predicted octanol–water partition coefficient (Wildman–Crippen LogP) is 6.60. The van der Waals surface area contributed by atoms with Gasteiger partial charge in [0.2, 0.25) is 0 Å². The minimum absolute atomic E-state index is 0.632. The van der Waals surface area contributed by atoms with Gasteiger partial charge in [-0.3, -0.25) is 0 Å². The third kappa shape index (κ3) is 2.94. The maximum Gasteiger partial charge on any atom is 0.0896 e. The highest BCUT2D eigenvalue weighted by Crippen LogP contribution is 2.50. The molecule has 0 aliphatic heterocycles. The lowest BCUT2D eigenvalue weighted by Crippen LogP contribution is -2.36. The quantitative estimate of drug-likeness (QED) is 0.548. The highest BCUT2D eigenvalue weighted by Gasteiger charge is 2.44. The fourth-order valence-corrected chi connectivity index (χ4v) is 2.94. The highest BCUT2D eigenvalue weighted by molar-refractivity contribution is 6.35. The van der Waals surface area contributed by atoms with Crippen molar-refractivity contribution < 1.29 is 0 Å². The summed E-state index contributed by atoms with van der Waals surface area (Å²) in [4.78, 5) is -1.66. The van der Waals surface area contributed by atoms with Crippen molar-refractivity contribution in [3.8, 4) is 0 Å². The minimum Gasteiger partial charge on any atom is -0.112 e. The van der Waals surface area contributed by atoms with Gasteiger partial charge >= 0.3 is 0 Å². The number of halogens is 4. The molecule has 2 rings (SSSR count). The second kappa shape index (κ2) is 5.77. The normalized spacial score (nSPS) is 17.3. The Morgan fingerprint density at radius 3 is 1.35 bits per heavy atom. The number of benzene rings is 2. The van der Waals surface area contributed by atoms with Crippen molar-refractivity contribution in [1.82, 2.24) is 0 Å². The molecule has 0 aromatic heterocycles. The second-order valence-corrected chi connectivity index (χ2v) is 7.41. The molecule has 20 heavy (non-hydrogen) atoms. The third-order valence-electron chi connectivity index (χ3n) is 3.62. The van der Waals surface area contributed by atoms with Gasteiger partial charge in [0.1, 0.15) is 0 Å². The van der Waals surface area contributed by atoms with Gasteiger partial charge in [-0.1, -0.05) is 47.5 Å². The van der Waals surface area contributed by atoms with Gasteiger partial charge in [0, 0.05) is 10.0 Å². The zero-order valence-electron chi connectivity index (χ0n) is 11.1. The second-order valence-electron chi connectivity index (χ2n) is 5.03. The monoisotopic (exact) mass is 346 g/mol. The highest BCUT2D eigenvalue weighted by atomic mass is 35.5. The first-order valence-electron chi connectivity index (χ1n) is 6.15. The van der Waals surface area contributed by atoms with Gasteiger partial charge in [-0.2, -0.15) is 0 Å². The van der Waals surface area contributed by atoms with Gasteiger partial charge in [-0.25, -0.2) is 0 Å².